The summed E-state index contributed by atoms with van der Waals surface area (Å²) < 4.78 is 26.4. The van der Waals surface area contributed by atoms with Gasteiger partial charge in [-0.1, -0.05) is 74.5 Å². The highest BCUT2D eigenvalue weighted by atomic mass is 32.1. The summed E-state index contributed by atoms with van der Waals surface area (Å²) in [5, 5.41) is 38.1. The van der Waals surface area contributed by atoms with Crippen LogP contribution >= 0.6 is 56.7 Å². The van der Waals surface area contributed by atoms with Gasteiger partial charge in [-0.25, -0.2) is 0 Å². The van der Waals surface area contributed by atoms with Gasteiger partial charge < -0.3 is 18.9 Å². The first-order valence-electron chi connectivity index (χ1n) is 20.0. The zero-order chi connectivity index (χ0) is 44.8. The minimum absolute atomic E-state index is 0.0356. The second kappa shape index (κ2) is 19.3. The molecule has 5 aromatic heterocycles. The molecule has 1 aliphatic carbocycles. The molecule has 7 aromatic rings. The molecule has 15 heteroatoms. The van der Waals surface area contributed by atoms with Crippen molar-refractivity contribution < 1.29 is 28.5 Å². The first kappa shape index (κ1) is 43.8. The number of nitrogens with zero attached hydrogens (tertiary/aromatic N) is 4. The van der Waals surface area contributed by atoms with E-state index in [0.717, 1.165) is 53.1 Å². The number of fused-ring (bicyclic) bond motifs is 5. The molecule has 8 rings (SSSR count). The highest BCUT2D eigenvalue weighted by Crippen LogP contribution is 2.63. The molecule has 10 nitrogen and oxygen atoms in total. The highest BCUT2D eigenvalue weighted by molar-refractivity contribution is 7.34. The summed E-state index contributed by atoms with van der Waals surface area (Å²) in [6, 6.07) is 33.7. The van der Waals surface area contributed by atoms with E-state index in [-0.39, 0.29) is 24.4 Å². The summed E-state index contributed by atoms with van der Waals surface area (Å²) in [6.45, 7) is 4.68. The van der Waals surface area contributed by atoms with Crippen LogP contribution in [-0.2, 0) is 37.7 Å². The number of carbonyl (C=O) groups excluding carboxylic acids is 2. The Balaban J connectivity index is 1.34. The van der Waals surface area contributed by atoms with E-state index >= 15 is 9.59 Å². The number of ether oxygens (including phenoxy) is 4. The lowest BCUT2D eigenvalue weighted by atomic mass is 9.79. The first-order valence-corrected chi connectivity index (χ1v) is 24.1. The van der Waals surface area contributed by atoms with Crippen LogP contribution in [0, 0.1) is 45.3 Å². The quantitative estimate of drug-likeness (QED) is 0.0517. The van der Waals surface area contributed by atoms with Crippen LogP contribution in [0.5, 0.6) is 11.5 Å². The van der Waals surface area contributed by atoms with Crippen molar-refractivity contribution in [3.63, 3.8) is 0 Å². The molecule has 2 aromatic carbocycles. The fourth-order valence-corrected chi connectivity index (χ4v) is 13.5. The average molecular weight is 935 g/mol. The van der Waals surface area contributed by atoms with E-state index in [1.807, 2.05) is 117 Å². The lowest BCUT2D eigenvalue weighted by Gasteiger charge is -2.26. The lowest BCUT2D eigenvalue weighted by Crippen LogP contribution is -2.45. The van der Waals surface area contributed by atoms with Gasteiger partial charge in [0.2, 0.25) is 5.41 Å². The van der Waals surface area contributed by atoms with Crippen molar-refractivity contribution >= 4 is 90.2 Å². The van der Waals surface area contributed by atoms with E-state index in [9.17, 15) is 21.0 Å². The standard InChI is InChI=1S/C49H34N4O6S5/c1-3-15-56-36-19-33(17-31(23-50)24-51)60-43(36)38-21-35-42(62-38)46-41(45-40(64-46)22-39(63-45)44-37(57-16-4-2)20-34(61-44)18-32(25-52)26-53)49(35,47(54)58-27-29-11-7-5-8-12-29)48(55)59-28-30-13-9-6-10-14-30/h5-14,17-22H,3-4,15-16,27-28H2,1-2H3. The van der Waals surface area contributed by atoms with Crippen molar-refractivity contribution in [2.75, 3.05) is 13.2 Å². The van der Waals surface area contributed by atoms with E-state index in [1.165, 1.54) is 68.8 Å². The fraction of sp³-hybridized carbons (Fsp3) is 0.184. The Kier molecular flexibility index (Phi) is 13.2. The molecule has 0 fully saturated rings. The Morgan fingerprint density at radius 1 is 0.594 bits per heavy atom. The van der Waals surface area contributed by atoms with Crippen LogP contribution in [0.4, 0.5) is 0 Å². The van der Waals surface area contributed by atoms with Crippen LogP contribution in [0.1, 0.15) is 58.7 Å². The van der Waals surface area contributed by atoms with Crippen molar-refractivity contribution in [3.8, 4) is 65.0 Å². The molecule has 0 spiro atoms. The Hall–Kier alpha value is -6.82. The molecule has 316 valence electrons. The van der Waals surface area contributed by atoms with Gasteiger partial charge in [0.25, 0.3) is 0 Å². The fourth-order valence-electron chi connectivity index (χ4n) is 7.13. The van der Waals surface area contributed by atoms with E-state index in [2.05, 4.69) is 0 Å². The number of benzene rings is 2. The summed E-state index contributed by atoms with van der Waals surface area (Å²) in [5.41, 5.74) is 0.257. The van der Waals surface area contributed by atoms with E-state index in [1.54, 1.807) is 6.07 Å². The van der Waals surface area contributed by atoms with Crippen LogP contribution in [0.25, 0.3) is 50.8 Å². The van der Waals surface area contributed by atoms with Gasteiger partial charge >= 0.3 is 11.9 Å². The van der Waals surface area contributed by atoms with E-state index < -0.39 is 17.4 Å². The Morgan fingerprint density at radius 3 is 1.55 bits per heavy atom. The normalized spacial score (nSPS) is 11.8. The molecular weight excluding hydrogens is 901 g/mol. The molecule has 0 aliphatic heterocycles. The van der Waals surface area contributed by atoms with Gasteiger partial charge in [-0.05, 0) is 60.4 Å². The highest BCUT2D eigenvalue weighted by Gasteiger charge is 2.61. The van der Waals surface area contributed by atoms with Gasteiger partial charge in [0.15, 0.2) is 0 Å². The number of esters is 2. The smallest absolute Gasteiger partial charge is 0.333 e. The van der Waals surface area contributed by atoms with Crippen LogP contribution in [0.2, 0.25) is 0 Å². The van der Waals surface area contributed by atoms with Crippen molar-refractivity contribution in [3.05, 3.63) is 128 Å². The lowest BCUT2D eigenvalue weighted by molar-refractivity contribution is -0.164. The Morgan fingerprint density at radius 2 is 1.08 bits per heavy atom. The molecular formula is C49H34N4O6S5. The molecule has 1 aliphatic rings. The Bertz CT molecular complexity index is 3050. The number of carbonyl (C=O) groups is 2. The van der Waals surface area contributed by atoms with Gasteiger partial charge in [-0.15, -0.1) is 56.7 Å². The molecule has 0 radical (unpaired) electrons. The van der Waals surface area contributed by atoms with Gasteiger partial charge in [-0.3, -0.25) is 9.59 Å². The number of allylic oxidation sites excluding steroid dienone is 2. The topological polar surface area (TPSA) is 166 Å². The number of hydrogen-bond acceptors (Lipinski definition) is 15. The SMILES string of the molecule is CCCOc1cc(C=C(C#N)C#N)sc1-c1cc2c(s1)-c1sc3cc(-c4sc(C=C(C#N)C#N)cc4OCCC)sc3c1C2(C(=O)OCc1ccccc1)C(=O)OCc1ccccc1. The van der Waals surface area contributed by atoms with Crippen molar-refractivity contribution in [1.82, 2.24) is 0 Å². The predicted molar refractivity (Wildman–Crippen MR) is 253 cm³/mol. The summed E-state index contributed by atoms with van der Waals surface area (Å²) in [4.78, 5) is 36.5. The number of nitriles is 4. The summed E-state index contributed by atoms with van der Waals surface area (Å²) in [6.07, 6.45) is 4.54. The first-order chi connectivity index (χ1) is 31.2. The van der Waals surface area contributed by atoms with Gasteiger partial charge in [0, 0.05) is 30.5 Å². The maximum absolute atomic E-state index is 15.3. The van der Waals surface area contributed by atoms with Crippen molar-refractivity contribution in [2.24, 2.45) is 0 Å². The average Bonchev–Trinajstić information content (AvgIpc) is 4.18. The Labute approximate surface area is 388 Å². The molecule has 64 heavy (non-hydrogen) atoms. The van der Waals surface area contributed by atoms with Gasteiger partial charge in [-0.2, -0.15) is 21.0 Å². The summed E-state index contributed by atoms with van der Waals surface area (Å²) in [7, 11) is 0. The third-order valence-electron chi connectivity index (χ3n) is 9.98. The largest absolute Gasteiger partial charge is 0.492 e. The number of thiophene rings is 5. The maximum atomic E-state index is 15.3. The molecule has 0 N–H and O–H groups in total. The summed E-state index contributed by atoms with van der Waals surface area (Å²) >= 11 is 7.03. The van der Waals surface area contributed by atoms with Crippen LogP contribution < -0.4 is 9.47 Å². The molecule has 0 saturated heterocycles. The molecule has 5 heterocycles. The number of rotatable bonds is 16. The molecule has 0 amide bonds. The summed E-state index contributed by atoms with van der Waals surface area (Å²) in [5.74, 6) is -0.415. The van der Waals surface area contributed by atoms with Crippen LogP contribution in [0.15, 0.2) is 96.1 Å². The zero-order valence-corrected chi connectivity index (χ0v) is 38.3. The predicted octanol–water partition coefficient (Wildman–Crippen LogP) is 12.7. The van der Waals surface area contributed by atoms with E-state index in [4.69, 9.17) is 18.9 Å². The number of hydrogen-bond donors (Lipinski definition) is 0. The van der Waals surface area contributed by atoms with E-state index in [0.29, 0.717) is 55.2 Å². The maximum Gasteiger partial charge on any atom is 0.333 e. The third-order valence-corrected chi connectivity index (χ3v) is 16.2. The molecule has 0 saturated carbocycles. The molecule has 0 bridgehead atoms. The zero-order valence-electron chi connectivity index (χ0n) is 34.3. The third kappa shape index (κ3) is 8.36. The van der Waals surface area contributed by atoms with Gasteiger partial charge in [0.05, 0.1) is 42.3 Å². The van der Waals surface area contributed by atoms with Crippen LogP contribution in [0.3, 0.4) is 0 Å². The van der Waals surface area contributed by atoms with Gasteiger partial charge in [0.1, 0.15) is 60.1 Å². The molecule has 0 atom stereocenters. The molecule has 0 unspecified atom stereocenters. The second-order valence-corrected chi connectivity index (χ2v) is 19.6. The second-order valence-electron chi connectivity index (χ2n) is 14.3. The van der Waals surface area contributed by atoms with Crippen LogP contribution in [-0.4, -0.2) is 25.2 Å². The van der Waals surface area contributed by atoms with Crippen molar-refractivity contribution in [1.29, 1.82) is 21.0 Å². The van der Waals surface area contributed by atoms with Crippen molar-refractivity contribution in [2.45, 2.75) is 45.3 Å². The minimum atomic E-state index is -2.05. The monoisotopic (exact) mass is 934 g/mol. The minimum Gasteiger partial charge on any atom is -0.492 e.